The van der Waals surface area contributed by atoms with Crippen LogP contribution in [-0.4, -0.2) is 21.2 Å². The summed E-state index contributed by atoms with van der Waals surface area (Å²) in [6, 6.07) is 10.8. The fraction of sp³-hybridized carbons (Fsp3) is 0.500. The average Bonchev–Trinajstić information content (AvgIpc) is 2.66. The Kier molecular flexibility index (Phi) is 2.05. The van der Waals surface area contributed by atoms with Crippen LogP contribution >= 0.6 is 23.5 Å². The summed E-state index contributed by atoms with van der Waals surface area (Å²) in [5.41, 5.74) is 1.37. The van der Waals surface area contributed by atoms with Gasteiger partial charge in [0.05, 0.1) is 9.74 Å². The van der Waals surface area contributed by atoms with Crippen LogP contribution in [0.2, 0.25) is 0 Å². The van der Waals surface area contributed by atoms with E-state index in [-0.39, 0.29) is 0 Å². The van der Waals surface area contributed by atoms with Crippen molar-refractivity contribution in [3.8, 4) is 0 Å². The van der Waals surface area contributed by atoms with Crippen molar-refractivity contribution in [3.63, 3.8) is 0 Å². The molecule has 0 amide bonds. The number of para-hydroxylation sites is 1. The highest BCUT2D eigenvalue weighted by Gasteiger charge is 2.57. The molecule has 0 radical (unpaired) electrons. The lowest BCUT2D eigenvalue weighted by atomic mass is 10.2. The molecule has 2 bridgehead atoms. The fourth-order valence-corrected chi connectivity index (χ4v) is 5.91. The summed E-state index contributed by atoms with van der Waals surface area (Å²) in [6.45, 7) is 4.74. The predicted octanol–water partition coefficient (Wildman–Crippen LogP) is 3.42. The van der Waals surface area contributed by atoms with E-state index < -0.39 is 0 Å². The third-order valence-electron chi connectivity index (χ3n) is 3.26. The van der Waals surface area contributed by atoms with Crippen molar-refractivity contribution in [2.75, 3.05) is 16.4 Å². The Labute approximate surface area is 99.6 Å². The van der Waals surface area contributed by atoms with E-state index in [2.05, 4.69) is 72.6 Å². The number of fused-ring (bicyclic) bond motifs is 2. The Morgan fingerprint density at radius 2 is 1.53 bits per heavy atom. The summed E-state index contributed by atoms with van der Waals surface area (Å²) in [7, 11) is 0. The molecule has 1 nitrogen and oxygen atoms in total. The molecule has 0 saturated carbocycles. The van der Waals surface area contributed by atoms with Crippen LogP contribution in [0.15, 0.2) is 30.3 Å². The highest BCUT2D eigenvalue weighted by molar-refractivity contribution is 8.09. The van der Waals surface area contributed by atoms with Gasteiger partial charge in [0, 0.05) is 17.2 Å². The average molecular weight is 237 g/mol. The number of hydrogen-bond donors (Lipinski definition) is 0. The maximum Gasteiger partial charge on any atom is 0.0938 e. The van der Waals surface area contributed by atoms with Gasteiger partial charge in [0.1, 0.15) is 0 Å². The van der Waals surface area contributed by atoms with E-state index in [1.165, 1.54) is 17.2 Å². The van der Waals surface area contributed by atoms with E-state index in [1.54, 1.807) is 0 Å². The SMILES string of the molecule is CC12CSC(C)(CS1)N2c1ccccc1. The van der Waals surface area contributed by atoms with Crippen molar-refractivity contribution in [1.29, 1.82) is 0 Å². The fourth-order valence-electron chi connectivity index (χ4n) is 2.54. The second-order valence-corrected chi connectivity index (χ2v) is 7.51. The summed E-state index contributed by atoms with van der Waals surface area (Å²) < 4.78 is 0. The molecule has 15 heavy (non-hydrogen) atoms. The van der Waals surface area contributed by atoms with Crippen LogP contribution in [0.5, 0.6) is 0 Å². The zero-order valence-electron chi connectivity index (χ0n) is 9.06. The Bertz CT molecular complexity index is 350. The first-order valence-corrected chi connectivity index (χ1v) is 7.25. The predicted molar refractivity (Wildman–Crippen MR) is 70.6 cm³/mol. The zero-order valence-corrected chi connectivity index (χ0v) is 10.7. The molecule has 2 atom stereocenters. The number of hydrogen-bond acceptors (Lipinski definition) is 3. The first-order valence-electron chi connectivity index (χ1n) is 5.27. The molecule has 0 N–H and O–H groups in total. The molecule has 2 heterocycles. The molecular formula is C12H15NS2. The van der Waals surface area contributed by atoms with E-state index in [0.29, 0.717) is 9.74 Å². The van der Waals surface area contributed by atoms with Crippen molar-refractivity contribution >= 4 is 29.2 Å². The molecule has 0 aromatic heterocycles. The van der Waals surface area contributed by atoms with Gasteiger partial charge in [-0.05, 0) is 26.0 Å². The number of benzene rings is 1. The van der Waals surface area contributed by atoms with E-state index in [1.807, 2.05) is 0 Å². The van der Waals surface area contributed by atoms with Crippen LogP contribution in [-0.2, 0) is 0 Å². The van der Waals surface area contributed by atoms with Crippen molar-refractivity contribution in [3.05, 3.63) is 30.3 Å². The first kappa shape index (κ1) is 9.91. The van der Waals surface area contributed by atoms with Gasteiger partial charge < -0.3 is 4.90 Å². The molecule has 2 saturated heterocycles. The van der Waals surface area contributed by atoms with E-state index in [4.69, 9.17) is 0 Å². The van der Waals surface area contributed by atoms with Crippen LogP contribution in [0.4, 0.5) is 5.69 Å². The quantitative estimate of drug-likeness (QED) is 0.737. The molecular weight excluding hydrogens is 222 g/mol. The maximum atomic E-state index is 2.61. The third-order valence-corrected chi connectivity index (χ3v) is 6.94. The van der Waals surface area contributed by atoms with Gasteiger partial charge in [0.25, 0.3) is 0 Å². The Hall–Kier alpha value is -0.280. The van der Waals surface area contributed by atoms with Gasteiger partial charge in [0.15, 0.2) is 0 Å². The summed E-state index contributed by atoms with van der Waals surface area (Å²) in [5.74, 6) is 2.48. The van der Waals surface area contributed by atoms with Crippen LogP contribution in [0.1, 0.15) is 13.8 Å². The maximum absolute atomic E-state index is 2.61. The zero-order chi connectivity index (χ0) is 10.5. The molecule has 3 heteroatoms. The van der Waals surface area contributed by atoms with Gasteiger partial charge in [0.2, 0.25) is 0 Å². The van der Waals surface area contributed by atoms with Crippen LogP contribution < -0.4 is 4.90 Å². The summed E-state index contributed by atoms with van der Waals surface area (Å²) >= 11 is 4.20. The molecule has 0 spiro atoms. The first-order chi connectivity index (χ1) is 7.14. The molecule has 2 unspecified atom stereocenters. The summed E-state index contributed by atoms with van der Waals surface area (Å²) in [4.78, 5) is 3.22. The van der Waals surface area contributed by atoms with Gasteiger partial charge in [-0.15, -0.1) is 23.5 Å². The number of thioether (sulfide) groups is 2. The normalized spacial score (nSPS) is 38.7. The minimum atomic E-state index is 0.306. The monoisotopic (exact) mass is 237 g/mol. The Morgan fingerprint density at radius 1 is 1.00 bits per heavy atom. The summed E-state index contributed by atoms with van der Waals surface area (Å²) in [6.07, 6.45) is 0. The molecule has 3 rings (SSSR count). The van der Waals surface area contributed by atoms with Crippen molar-refractivity contribution in [1.82, 2.24) is 0 Å². The lowest BCUT2D eigenvalue weighted by molar-refractivity contribution is 0.616. The van der Waals surface area contributed by atoms with Gasteiger partial charge in [-0.1, -0.05) is 18.2 Å². The largest absolute Gasteiger partial charge is 0.341 e. The van der Waals surface area contributed by atoms with Crippen LogP contribution in [0.25, 0.3) is 0 Å². The molecule has 1 aromatic rings. The van der Waals surface area contributed by atoms with Gasteiger partial charge in [-0.25, -0.2) is 0 Å². The Morgan fingerprint density at radius 3 is 2.00 bits per heavy atom. The van der Waals surface area contributed by atoms with Crippen molar-refractivity contribution in [2.45, 2.75) is 23.6 Å². The lowest BCUT2D eigenvalue weighted by Crippen LogP contribution is -2.44. The third kappa shape index (κ3) is 1.32. The number of anilines is 1. The van der Waals surface area contributed by atoms with Crippen molar-refractivity contribution in [2.24, 2.45) is 0 Å². The summed E-state index contributed by atoms with van der Waals surface area (Å²) in [5, 5.41) is 0. The lowest BCUT2D eigenvalue weighted by Gasteiger charge is -2.35. The molecule has 0 aliphatic carbocycles. The van der Waals surface area contributed by atoms with Gasteiger partial charge >= 0.3 is 0 Å². The molecule has 2 aliphatic heterocycles. The van der Waals surface area contributed by atoms with E-state index in [0.717, 1.165) is 0 Å². The van der Waals surface area contributed by atoms with Gasteiger partial charge in [-0.3, -0.25) is 0 Å². The smallest absolute Gasteiger partial charge is 0.0938 e. The second-order valence-electron chi connectivity index (χ2n) is 4.60. The van der Waals surface area contributed by atoms with Crippen molar-refractivity contribution < 1.29 is 0 Å². The minimum Gasteiger partial charge on any atom is -0.341 e. The molecule has 2 fully saturated rings. The molecule has 80 valence electrons. The Balaban J connectivity index is 2.06. The standard InChI is InChI=1S/C12H15NS2/c1-11-8-15-12(2,9-14-11)13(11)10-6-4-3-5-7-10/h3-7H,8-9H2,1-2H3. The number of rotatable bonds is 1. The van der Waals surface area contributed by atoms with Gasteiger partial charge in [-0.2, -0.15) is 0 Å². The highest BCUT2D eigenvalue weighted by atomic mass is 32.2. The second kappa shape index (κ2) is 3.11. The van der Waals surface area contributed by atoms with E-state index >= 15 is 0 Å². The highest BCUT2D eigenvalue weighted by Crippen LogP contribution is 2.59. The molecule has 1 aromatic carbocycles. The molecule has 2 aliphatic rings. The van der Waals surface area contributed by atoms with Crippen LogP contribution in [0.3, 0.4) is 0 Å². The van der Waals surface area contributed by atoms with Crippen LogP contribution in [0, 0.1) is 0 Å². The van der Waals surface area contributed by atoms with E-state index in [9.17, 15) is 0 Å². The number of nitrogens with zero attached hydrogens (tertiary/aromatic N) is 1. The minimum absolute atomic E-state index is 0.306. The topological polar surface area (TPSA) is 3.24 Å².